The predicted octanol–water partition coefficient (Wildman–Crippen LogP) is 3.64. The molecule has 42 heavy (non-hydrogen) atoms. The molecule has 3 aliphatic heterocycles. The Balaban J connectivity index is 1.47. The van der Waals surface area contributed by atoms with Crippen molar-refractivity contribution < 1.29 is 22.7 Å². The van der Waals surface area contributed by atoms with Gasteiger partial charge in [0.25, 0.3) is 5.91 Å². The van der Waals surface area contributed by atoms with Crippen LogP contribution in [-0.4, -0.2) is 90.0 Å². The van der Waals surface area contributed by atoms with Crippen LogP contribution in [0.1, 0.15) is 47.8 Å². The zero-order valence-electron chi connectivity index (χ0n) is 23.3. The molecule has 1 amide bonds. The number of halogens is 4. The largest absolute Gasteiger partial charge is 0.491 e. The van der Waals surface area contributed by atoms with Gasteiger partial charge in [0.15, 0.2) is 5.65 Å². The average Bonchev–Trinajstić information content (AvgIpc) is 3.59. The summed E-state index contributed by atoms with van der Waals surface area (Å²) < 4.78 is 49.5. The second-order valence-electron chi connectivity index (χ2n) is 11.2. The van der Waals surface area contributed by atoms with Crippen molar-refractivity contribution in [1.29, 1.82) is 0 Å². The minimum Gasteiger partial charge on any atom is -0.491 e. The molecule has 1 aromatic carbocycles. The van der Waals surface area contributed by atoms with Gasteiger partial charge in [0.2, 0.25) is 0 Å². The van der Waals surface area contributed by atoms with E-state index in [0.717, 1.165) is 31.6 Å². The van der Waals surface area contributed by atoms with E-state index in [1.54, 1.807) is 9.42 Å². The van der Waals surface area contributed by atoms with Crippen LogP contribution in [0.25, 0.3) is 5.65 Å². The second kappa shape index (κ2) is 11.4. The van der Waals surface area contributed by atoms with Crippen LogP contribution in [0.2, 0.25) is 5.02 Å². The number of benzene rings is 1. The van der Waals surface area contributed by atoms with Gasteiger partial charge in [0.05, 0.1) is 17.3 Å². The molecule has 6 rings (SSSR count). The van der Waals surface area contributed by atoms with Crippen LogP contribution in [0.3, 0.4) is 0 Å². The van der Waals surface area contributed by atoms with Crippen molar-refractivity contribution in [3.05, 3.63) is 46.6 Å². The molecule has 0 spiro atoms. The molecule has 2 bridgehead atoms. The molecule has 10 nitrogen and oxygen atoms in total. The number of rotatable bonds is 1. The first kappa shape index (κ1) is 28.8. The van der Waals surface area contributed by atoms with Crippen LogP contribution >= 0.6 is 11.6 Å². The van der Waals surface area contributed by atoms with Crippen LogP contribution in [-0.2, 0) is 0 Å². The minimum absolute atomic E-state index is 0.0225. The Hall–Kier alpha value is -3.29. The van der Waals surface area contributed by atoms with Gasteiger partial charge < -0.3 is 30.5 Å². The zero-order chi connectivity index (χ0) is 29.6. The molecule has 226 valence electrons. The Morgan fingerprint density at radius 3 is 2.71 bits per heavy atom. The maximum Gasteiger partial charge on any atom is 0.407 e. The molecule has 0 radical (unpaired) electrons. The number of alkyl halides is 3. The van der Waals surface area contributed by atoms with Crippen LogP contribution in [0.15, 0.2) is 30.3 Å². The van der Waals surface area contributed by atoms with E-state index in [4.69, 9.17) is 32.2 Å². The van der Waals surface area contributed by atoms with Gasteiger partial charge in [-0.1, -0.05) is 11.6 Å². The fraction of sp³-hybridized carbons (Fsp3) is 0.536. The van der Waals surface area contributed by atoms with Crippen LogP contribution in [0.4, 0.5) is 24.8 Å². The molecule has 3 unspecified atom stereocenters. The lowest BCUT2D eigenvalue weighted by atomic mass is 9.98. The summed E-state index contributed by atoms with van der Waals surface area (Å²) in [6, 6.07) is 5.96. The number of nitrogens with zero attached hydrogens (tertiary/aromatic N) is 6. The number of aromatic nitrogens is 3. The number of fused-ring (bicyclic) bond motifs is 4. The van der Waals surface area contributed by atoms with E-state index in [2.05, 4.69) is 10.2 Å². The fourth-order valence-electron chi connectivity index (χ4n) is 5.95. The minimum atomic E-state index is -4.57. The first-order valence-electron chi connectivity index (χ1n) is 14.2. The predicted molar refractivity (Wildman–Crippen MR) is 153 cm³/mol. The van der Waals surface area contributed by atoms with Gasteiger partial charge in [0, 0.05) is 63.0 Å². The molecule has 2 aromatic heterocycles. The maximum absolute atomic E-state index is 14.0. The Kier molecular flexibility index (Phi) is 7.83. The van der Waals surface area contributed by atoms with E-state index >= 15 is 0 Å². The molecule has 3 aliphatic rings. The van der Waals surface area contributed by atoms with E-state index in [9.17, 15) is 18.0 Å². The number of nitrogens with two attached hydrogens (primary N) is 1. The summed E-state index contributed by atoms with van der Waals surface area (Å²) in [6.45, 7) is 1.48. The summed E-state index contributed by atoms with van der Waals surface area (Å²) in [5, 5.41) is 7.80. The Morgan fingerprint density at radius 2 is 1.95 bits per heavy atom. The molecule has 3 atom stereocenters. The standard InChI is InChI=1S/C28H34ClF3N8O2/c1-37-11-8-34-23(28(30,31)32)16-42-22-6-5-17(29)12-19(22)27(41)39-9-3-2-4-21(39)20-13-25-35-24(14-26(37)40(25)36-20)38-10-7-18(33)15-38/h5-6,12-14,18,21,23,34H,2-4,7-11,15-16,33H2,1H3. The number of likely N-dealkylation sites (N-methyl/N-ethyl adjacent to an activating group) is 1. The van der Waals surface area contributed by atoms with E-state index in [0.29, 0.717) is 36.7 Å². The summed E-state index contributed by atoms with van der Waals surface area (Å²) in [6.07, 6.45) is -1.35. The van der Waals surface area contributed by atoms with E-state index < -0.39 is 18.8 Å². The lowest BCUT2D eigenvalue weighted by Gasteiger charge is -2.35. The third-order valence-corrected chi connectivity index (χ3v) is 8.50. The Morgan fingerprint density at radius 1 is 1.12 bits per heavy atom. The second-order valence-corrected chi connectivity index (χ2v) is 11.7. The van der Waals surface area contributed by atoms with Crippen molar-refractivity contribution in [2.75, 3.05) is 56.2 Å². The van der Waals surface area contributed by atoms with Crippen molar-refractivity contribution in [3.8, 4) is 5.75 Å². The van der Waals surface area contributed by atoms with Gasteiger partial charge >= 0.3 is 6.18 Å². The van der Waals surface area contributed by atoms with Gasteiger partial charge in [-0.15, -0.1) is 0 Å². The highest BCUT2D eigenvalue weighted by Gasteiger charge is 2.40. The topological polar surface area (TPSA) is 104 Å². The van der Waals surface area contributed by atoms with Gasteiger partial charge in [-0.25, -0.2) is 4.98 Å². The zero-order valence-corrected chi connectivity index (χ0v) is 24.0. The lowest BCUT2D eigenvalue weighted by molar-refractivity contribution is -0.161. The normalized spacial score (nSPS) is 24.2. The highest BCUT2D eigenvalue weighted by molar-refractivity contribution is 6.31. The molecule has 14 heteroatoms. The Bertz CT molecular complexity index is 1470. The van der Waals surface area contributed by atoms with Gasteiger partial charge in [-0.05, 0) is 43.9 Å². The number of amides is 1. The molecule has 5 heterocycles. The number of hydrogen-bond donors (Lipinski definition) is 2. The van der Waals surface area contributed by atoms with Gasteiger partial charge in [0.1, 0.15) is 30.0 Å². The smallest absolute Gasteiger partial charge is 0.407 e. The number of nitrogens with one attached hydrogen (secondary N) is 1. The highest BCUT2D eigenvalue weighted by atomic mass is 35.5. The van der Waals surface area contributed by atoms with Crippen LogP contribution in [0, 0.1) is 0 Å². The number of ether oxygens (including phenoxy) is 1. The molecule has 2 fully saturated rings. The van der Waals surface area contributed by atoms with Gasteiger partial charge in [-0.2, -0.15) is 22.8 Å². The number of carbonyl (C=O) groups is 1. The van der Waals surface area contributed by atoms with Crippen molar-refractivity contribution >= 4 is 34.8 Å². The summed E-state index contributed by atoms with van der Waals surface area (Å²) in [5.74, 6) is 1.11. The summed E-state index contributed by atoms with van der Waals surface area (Å²) in [4.78, 5) is 24.6. The molecule has 2 saturated heterocycles. The number of anilines is 2. The molecular weight excluding hydrogens is 573 g/mol. The van der Waals surface area contributed by atoms with E-state index in [1.165, 1.54) is 18.2 Å². The number of piperidine rings is 1. The average molecular weight is 607 g/mol. The molecule has 3 N–H and O–H groups in total. The summed E-state index contributed by atoms with van der Waals surface area (Å²) in [5.41, 5.74) is 7.59. The number of hydrogen-bond acceptors (Lipinski definition) is 8. The third-order valence-electron chi connectivity index (χ3n) is 8.27. The van der Waals surface area contributed by atoms with Crippen molar-refractivity contribution in [3.63, 3.8) is 0 Å². The lowest BCUT2D eigenvalue weighted by Crippen LogP contribution is -2.48. The van der Waals surface area contributed by atoms with Crippen molar-refractivity contribution in [2.24, 2.45) is 5.73 Å². The monoisotopic (exact) mass is 606 g/mol. The van der Waals surface area contributed by atoms with E-state index in [1.807, 2.05) is 24.1 Å². The van der Waals surface area contributed by atoms with Crippen molar-refractivity contribution in [1.82, 2.24) is 24.8 Å². The SMILES string of the molecule is CN1CCNC(C(F)(F)F)COc2ccc(Cl)cc2C(=O)N2CCCCC2c2cc3nc(N4CCC(N)C4)cc1n3n2. The Labute approximate surface area is 246 Å². The molecular formula is C28H34ClF3N8O2. The van der Waals surface area contributed by atoms with Crippen LogP contribution in [0.5, 0.6) is 5.75 Å². The maximum atomic E-state index is 14.0. The molecule has 0 saturated carbocycles. The first-order chi connectivity index (χ1) is 20.1. The van der Waals surface area contributed by atoms with Crippen LogP contribution < -0.4 is 25.6 Å². The third kappa shape index (κ3) is 5.69. The van der Waals surface area contributed by atoms with Gasteiger partial charge in [-0.3, -0.25) is 4.79 Å². The number of carbonyl (C=O) groups excluding carboxylic acids is 1. The van der Waals surface area contributed by atoms with E-state index in [-0.39, 0.29) is 47.4 Å². The molecule has 0 aliphatic carbocycles. The molecule has 3 aromatic rings. The summed E-state index contributed by atoms with van der Waals surface area (Å²) >= 11 is 6.25. The highest BCUT2D eigenvalue weighted by Crippen LogP contribution is 2.36. The summed E-state index contributed by atoms with van der Waals surface area (Å²) in [7, 11) is 1.82. The van der Waals surface area contributed by atoms with Crippen molar-refractivity contribution in [2.45, 2.75) is 50.0 Å². The first-order valence-corrected chi connectivity index (χ1v) is 14.6. The fourth-order valence-corrected chi connectivity index (χ4v) is 6.12. The quantitative estimate of drug-likeness (QED) is 0.433.